The average Bonchev–Trinajstić information content (AvgIpc) is 3.78. The predicted octanol–water partition coefficient (Wildman–Crippen LogP) is 4.84. The summed E-state index contributed by atoms with van der Waals surface area (Å²) in [7, 11) is 0. The molecule has 8 heteroatoms. The van der Waals surface area contributed by atoms with Crippen LogP contribution in [-0.4, -0.2) is 43.9 Å². The van der Waals surface area contributed by atoms with Gasteiger partial charge in [0.2, 0.25) is 11.6 Å². The van der Waals surface area contributed by atoms with Crippen molar-refractivity contribution in [2.24, 2.45) is 0 Å². The van der Waals surface area contributed by atoms with Crippen LogP contribution in [0.15, 0.2) is 91.4 Å². The molecule has 192 valence electrons. The van der Waals surface area contributed by atoms with Gasteiger partial charge in [0, 0.05) is 73.6 Å². The maximum atomic E-state index is 14.7. The highest BCUT2D eigenvalue weighted by atomic mass is 16.6. The van der Waals surface area contributed by atoms with E-state index < -0.39 is 34.8 Å². The van der Waals surface area contributed by atoms with Gasteiger partial charge in [0.05, 0.1) is 0 Å². The average molecular weight is 526 g/mol. The van der Waals surface area contributed by atoms with E-state index in [-0.39, 0.29) is 11.1 Å². The molecular weight excluding hydrogens is 506 g/mol. The Morgan fingerprint density at radius 2 is 1.02 bits per heavy atom. The van der Waals surface area contributed by atoms with Crippen LogP contribution in [0.1, 0.15) is 22.6 Å². The molecule has 2 aliphatic rings. The molecule has 1 unspecified atom stereocenters. The van der Waals surface area contributed by atoms with Crippen molar-refractivity contribution in [2.45, 2.75) is 11.5 Å². The van der Waals surface area contributed by atoms with Crippen molar-refractivity contribution in [3.05, 3.63) is 108 Å². The van der Waals surface area contributed by atoms with Gasteiger partial charge in [0.15, 0.2) is 0 Å². The number of ether oxygens (including phenoxy) is 1. The lowest BCUT2D eigenvalue weighted by Gasteiger charge is -2.25. The van der Waals surface area contributed by atoms with Crippen LogP contribution in [0.25, 0.3) is 43.9 Å². The number of rotatable bonds is 3. The summed E-state index contributed by atoms with van der Waals surface area (Å²) < 4.78 is 5.65. The van der Waals surface area contributed by atoms with Gasteiger partial charge in [0.25, 0.3) is 11.4 Å². The van der Waals surface area contributed by atoms with E-state index in [9.17, 15) is 19.2 Å². The molecule has 3 aromatic heterocycles. The number of aromatic nitrogens is 3. The number of H-pyrrole nitrogens is 3. The fourth-order valence-corrected chi connectivity index (χ4v) is 6.38. The zero-order valence-electron chi connectivity index (χ0n) is 20.8. The monoisotopic (exact) mass is 525 g/mol. The number of nitrogens with one attached hydrogen (secondary N) is 3. The first-order chi connectivity index (χ1) is 19.5. The van der Waals surface area contributed by atoms with Gasteiger partial charge in [-0.25, -0.2) is 4.79 Å². The maximum absolute atomic E-state index is 14.7. The molecule has 1 aliphatic carbocycles. The molecule has 1 saturated heterocycles. The standard InChI is InChI=1S/C32H19N3O5/c36-28-27(21-15-35-24-12-6-3-9-18(21)24)32(40-31(28)39)29(37)25(19-13-33-22-10-4-1-7-16(19)22)26(30(32)38)20-14-34-23-11-5-2-8-17(20)23/h1-15,27,33-35H. The van der Waals surface area contributed by atoms with E-state index in [2.05, 4.69) is 15.0 Å². The lowest BCUT2D eigenvalue weighted by molar-refractivity contribution is -0.160. The van der Waals surface area contributed by atoms with Gasteiger partial charge in [-0.3, -0.25) is 14.4 Å². The molecule has 0 radical (unpaired) electrons. The molecular formula is C32H19N3O5. The molecule has 40 heavy (non-hydrogen) atoms. The number of esters is 1. The number of hydrogen-bond donors (Lipinski definition) is 3. The third-order valence-corrected chi connectivity index (χ3v) is 8.15. The van der Waals surface area contributed by atoms with Gasteiger partial charge in [0.1, 0.15) is 5.92 Å². The molecule has 0 amide bonds. The first-order valence-electron chi connectivity index (χ1n) is 12.8. The second-order valence-electron chi connectivity index (χ2n) is 10.1. The fourth-order valence-electron chi connectivity index (χ4n) is 6.38. The van der Waals surface area contributed by atoms with E-state index in [1.807, 2.05) is 60.7 Å². The quantitative estimate of drug-likeness (QED) is 0.173. The highest BCUT2D eigenvalue weighted by molar-refractivity contribution is 6.61. The van der Waals surface area contributed by atoms with Crippen molar-refractivity contribution >= 4 is 67.2 Å². The molecule has 1 fully saturated rings. The fraction of sp³-hybridized carbons (Fsp3) is 0.0625. The van der Waals surface area contributed by atoms with Crippen LogP contribution in [0, 0.1) is 0 Å². The van der Waals surface area contributed by atoms with Crippen LogP contribution in [-0.2, 0) is 23.9 Å². The molecule has 6 aromatic rings. The molecule has 1 atom stereocenters. The van der Waals surface area contributed by atoms with Crippen molar-refractivity contribution < 1.29 is 23.9 Å². The molecule has 1 aliphatic heterocycles. The summed E-state index contributed by atoms with van der Waals surface area (Å²) in [4.78, 5) is 65.3. The molecule has 0 bridgehead atoms. The van der Waals surface area contributed by atoms with Gasteiger partial charge in [-0.15, -0.1) is 0 Å². The molecule has 4 heterocycles. The number of benzene rings is 3. The molecule has 0 saturated carbocycles. The molecule has 1 spiro atoms. The smallest absolute Gasteiger partial charge is 0.376 e. The highest BCUT2D eigenvalue weighted by Gasteiger charge is 2.70. The summed E-state index contributed by atoms with van der Waals surface area (Å²) in [6, 6.07) is 22.1. The van der Waals surface area contributed by atoms with Crippen molar-refractivity contribution in [3.8, 4) is 0 Å². The van der Waals surface area contributed by atoms with Crippen molar-refractivity contribution in [2.75, 3.05) is 0 Å². The van der Waals surface area contributed by atoms with E-state index in [1.54, 1.807) is 30.7 Å². The van der Waals surface area contributed by atoms with Crippen LogP contribution in [0.3, 0.4) is 0 Å². The number of ketones is 3. The molecule has 8 nitrogen and oxygen atoms in total. The second kappa shape index (κ2) is 7.77. The van der Waals surface area contributed by atoms with Crippen molar-refractivity contribution in [1.82, 2.24) is 15.0 Å². The van der Waals surface area contributed by atoms with Crippen LogP contribution in [0.2, 0.25) is 0 Å². The summed E-state index contributed by atoms with van der Waals surface area (Å²) in [6.45, 7) is 0. The number of carbonyl (C=O) groups is 4. The van der Waals surface area contributed by atoms with Gasteiger partial charge in [-0.05, 0) is 23.8 Å². The first-order valence-corrected chi connectivity index (χ1v) is 12.8. The largest absolute Gasteiger partial charge is 0.435 e. The Balaban J connectivity index is 1.44. The Labute approximate surface area is 225 Å². The molecule has 8 rings (SSSR count). The highest BCUT2D eigenvalue weighted by Crippen LogP contribution is 2.53. The van der Waals surface area contributed by atoms with E-state index in [1.165, 1.54) is 0 Å². The number of para-hydroxylation sites is 3. The SMILES string of the molecule is O=C1OC2(C(=O)C(c3c[nH]c4ccccc34)=C(c3c[nH]c4ccccc34)C2=O)C(c2c[nH]c3ccccc23)C1=O. The van der Waals surface area contributed by atoms with Crippen LogP contribution in [0.5, 0.6) is 0 Å². The lowest BCUT2D eigenvalue weighted by atomic mass is 9.76. The van der Waals surface area contributed by atoms with E-state index >= 15 is 0 Å². The normalized spacial score (nSPS) is 18.8. The van der Waals surface area contributed by atoms with Crippen molar-refractivity contribution in [3.63, 3.8) is 0 Å². The summed E-state index contributed by atoms with van der Waals surface area (Å²) in [5.41, 5.74) is 1.48. The zero-order chi connectivity index (χ0) is 27.2. The van der Waals surface area contributed by atoms with Crippen LogP contribution in [0.4, 0.5) is 0 Å². The Hall–Kier alpha value is -5.50. The number of aromatic amines is 3. The maximum Gasteiger partial charge on any atom is 0.376 e. The first kappa shape index (κ1) is 22.5. The Morgan fingerprint density at radius 3 is 1.57 bits per heavy atom. The predicted molar refractivity (Wildman–Crippen MR) is 148 cm³/mol. The van der Waals surface area contributed by atoms with Gasteiger partial charge < -0.3 is 19.7 Å². The number of fused-ring (bicyclic) bond motifs is 3. The van der Waals surface area contributed by atoms with Crippen molar-refractivity contribution in [1.29, 1.82) is 0 Å². The summed E-state index contributed by atoms with van der Waals surface area (Å²) in [6.07, 6.45) is 4.93. The van der Waals surface area contributed by atoms with E-state index in [0.29, 0.717) is 27.6 Å². The summed E-state index contributed by atoms with van der Waals surface area (Å²) in [5.74, 6) is -4.99. The lowest BCUT2D eigenvalue weighted by Crippen LogP contribution is -2.47. The van der Waals surface area contributed by atoms with Gasteiger partial charge >= 0.3 is 5.97 Å². The minimum absolute atomic E-state index is 0.111. The Morgan fingerprint density at radius 1 is 0.575 bits per heavy atom. The van der Waals surface area contributed by atoms with Crippen LogP contribution < -0.4 is 0 Å². The minimum Gasteiger partial charge on any atom is -0.435 e. The minimum atomic E-state index is -2.36. The van der Waals surface area contributed by atoms with E-state index in [0.717, 1.165) is 21.8 Å². The van der Waals surface area contributed by atoms with E-state index in [4.69, 9.17) is 4.74 Å². The number of Topliss-reactive ketones (excluding diaryl/α,β-unsaturated/α-hetero) is 3. The Bertz CT molecular complexity index is 2040. The molecule has 3 aromatic carbocycles. The summed E-state index contributed by atoms with van der Waals surface area (Å²) >= 11 is 0. The van der Waals surface area contributed by atoms with Gasteiger partial charge in [-0.1, -0.05) is 54.6 Å². The summed E-state index contributed by atoms with van der Waals surface area (Å²) in [5, 5.41) is 2.09. The Kier molecular flexibility index (Phi) is 4.36. The second-order valence-corrected chi connectivity index (χ2v) is 10.1. The van der Waals surface area contributed by atoms with Crippen LogP contribution >= 0.6 is 0 Å². The zero-order valence-corrected chi connectivity index (χ0v) is 20.8. The topological polar surface area (TPSA) is 125 Å². The van der Waals surface area contributed by atoms with Gasteiger partial charge in [-0.2, -0.15) is 0 Å². The number of hydrogen-bond acceptors (Lipinski definition) is 5. The number of carbonyl (C=O) groups excluding carboxylic acids is 4. The third-order valence-electron chi connectivity index (χ3n) is 8.15. The molecule has 3 N–H and O–H groups in total. The third kappa shape index (κ3) is 2.69.